The molecule has 1 aliphatic heterocycles. The summed E-state index contributed by atoms with van der Waals surface area (Å²) in [5, 5.41) is 5.14. The molecule has 0 bridgehead atoms. The highest BCUT2D eigenvalue weighted by Gasteiger charge is 2.27. The molecule has 0 saturated carbocycles. The van der Waals surface area contributed by atoms with Gasteiger partial charge in [-0.05, 0) is 0 Å². The van der Waals surface area contributed by atoms with Crippen molar-refractivity contribution < 1.29 is 9.53 Å². The minimum absolute atomic E-state index is 0.179. The number of carbonyl (C=O) groups excluding carboxylic acids is 1. The third kappa shape index (κ3) is 2.91. The molecular formula is C12H13N5O2S. The van der Waals surface area contributed by atoms with Crippen LogP contribution < -0.4 is 10.2 Å². The van der Waals surface area contributed by atoms with Crippen LogP contribution in [-0.4, -0.2) is 46.7 Å². The Bertz CT molecular complexity index is 562. The molecule has 0 aliphatic carbocycles. The van der Waals surface area contributed by atoms with E-state index in [9.17, 15) is 4.79 Å². The predicted octanol–water partition coefficient (Wildman–Crippen LogP) is 0.777. The molecule has 1 saturated heterocycles. The molecule has 2 aromatic rings. The first kappa shape index (κ1) is 12.9. The number of rotatable bonds is 3. The highest BCUT2D eigenvalue weighted by atomic mass is 32.1. The maximum atomic E-state index is 12.1. The number of nitrogens with zero attached hydrogens (tertiary/aromatic N) is 4. The standard InChI is InChI=1S/C12H13N5O2S/c18-11(16-12-15-1-4-20-12)10-7-17(2-3-19-10)9-5-13-8-14-6-9/h1,4-6,8,10H,2-3,7H2,(H,15,16,18)/t10-/m0/s1. The van der Waals surface area contributed by atoms with Crippen molar-refractivity contribution >= 4 is 28.1 Å². The van der Waals surface area contributed by atoms with Gasteiger partial charge in [0.25, 0.3) is 5.91 Å². The van der Waals surface area contributed by atoms with Crippen molar-refractivity contribution in [2.24, 2.45) is 0 Å². The lowest BCUT2D eigenvalue weighted by atomic mass is 10.2. The van der Waals surface area contributed by atoms with Gasteiger partial charge in [0.2, 0.25) is 0 Å². The molecule has 2 aromatic heterocycles. The Morgan fingerprint density at radius 1 is 1.45 bits per heavy atom. The predicted molar refractivity (Wildman–Crippen MR) is 74.7 cm³/mol. The Kier molecular flexibility index (Phi) is 3.84. The average molecular weight is 291 g/mol. The topological polar surface area (TPSA) is 80.2 Å². The van der Waals surface area contributed by atoms with Crippen molar-refractivity contribution in [3.05, 3.63) is 30.3 Å². The van der Waals surface area contributed by atoms with Crippen LogP contribution in [0.25, 0.3) is 0 Å². The Morgan fingerprint density at radius 3 is 3.05 bits per heavy atom. The minimum atomic E-state index is -0.521. The second-order valence-electron chi connectivity index (χ2n) is 4.23. The van der Waals surface area contributed by atoms with Gasteiger partial charge in [0.15, 0.2) is 11.2 Å². The highest BCUT2D eigenvalue weighted by molar-refractivity contribution is 7.13. The van der Waals surface area contributed by atoms with Crippen LogP contribution in [0.15, 0.2) is 30.3 Å². The van der Waals surface area contributed by atoms with E-state index in [1.807, 2.05) is 10.3 Å². The fraction of sp³-hybridized carbons (Fsp3) is 0.333. The van der Waals surface area contributed by atoms with Crippen LogP contribution >= 0.6 is 11.3 Å². The quantitative estimate of drug-likeness (QED) is 0.900. The summed E-state index contributed by atoms with van der Waals surface area (Å²) in [6, 6.07) is 0. The lowest BCUT2D eigenvalue weighted by Gasteiger charge is -2.33. The van der Waals surface area contributed by atoms with E-state index in [1.165, 1.54) is 17.7 Å². The van der Waals surface area contributed by atoms with E-state index < -0.39 is 6.10 Å². The van der Waals surface area contributed by atoms with E-state index in [4.69, 9.17) is 4.74 Å². The number of hydrogen-bond donors (Lipinski definition) is 1. The number of thiazole rings is 1. The largest absolute Gasteiger partial charge is 0.365 e. The normalized spacial score (nSPS) is 18.8. The minimum Gasteiger partial charge on any atom is -0.365 e. The monoisotopic (exact) mass is 291 g/mol. The van der Waals surface area contributed by atoms with Crippen LogP contribution in [-0.2, 0) is 9.53 Å². The molecule has 20 heavy (non-hydrogen) atoms. The third-order valence-electron chi connectivity index (χ3n) is 2.93. The van der Waals surface area contributed by atoms with E-state index in [1.54, 1.807) is 18.6 Å². The van der Waals surface area contributed by atoms with Crippen LogP contribution in [0.2, 0.25) is 0 Å². The Morgan fingerprint density at radius 2 is 2.30 bits per heavy atom. The number of amides is 1. The summed E-state index contributed by atoms with van der Waals surface area (Å²) in [6.45, 7) is 1.68. The smallest absolute Gasteiger partial charge is 0.257 e. The maximum Gasteiger partial charge on any atom is 0.257 e. The first-order valence-corrected chi connectivity index (χ1v) is 7.03. The summed E-state index contributed by atoms with van der Waals surface area (Å²) in [7, 11) is 0. The Balaban J connectivity index is 1.64. The number of anilines is 2. The summed E-state index contributed by atoms with van der Waals surface area (Å²) in [5.74, 6) is -0.179. The number of ether oxygens (including phenoxy) is 1. The molecule has 1 atom stereocenters. The summed E-state index contributed by atoms with van der Waals surface area (Å²) >= 11 is 1.38. The molecule has 1 fully saturated rings. The van der Waals surface area contributed by atoms with E-state index in [0.717, 1.165) is 5.69 Å². The van der Waals surface area contributed by atoms with E-state index in [-0.39, 0.29) is 5.91 Å². The third-order valence-corrected chi connectivity index (χ3v) is 3.62. The molecule has 0 spiro atoms. The Labute approximate surface area is 119 Å². The molecule has 1 aliphatic rings. The first-order valence-electron chi connectivity index (χ1n) is 6.15. The van der Waals surface area contributed by atoms with Gasteiger partial charge in [-0.15, -0.1) is 11.3 Å². The fourth-order valence-electron chi connectivity index (χ4n) is 1.97. The van der Waals surface area contributed by atoms with Crippen LogP contribution in [0, 0.1) is 0 Å². The van der Waals surface area contributed by atoms with Gasteiger partial charge in [-0.1, -0.05) is 0 Å². The first-order chi connectivity index (χ1) is 9.83. The molecule has 104 valence electrons. The number of aromatic nitrogens is 3. The molecule has 0 unspecified atom stereocenters. The molecule has 3 rings (SSSR count). The average Bonchev–Trinajstić information content (AvgIpc) is 3.01. The van der Waals surface area contributed by atoms with Crippen LogP contribution in [0.3, 0.4) is 0 Å². The zero-order valence-electron chi connectivity index (χ0n) is 10.6. The van der Waals surface area contributed by atoms with Crippen LogP contribution in [0.1, 0.15) is 0 Å². The zero-order valence-corrected chi connectivity index (χ0v) is 11.4. The maximum absolute atomic E-state index is 12.1. The van der Waals surface area contributed by atoms with E-state index >= 15 is 0 Å². The second-order valence-corrected chi connectivity index (χ2v) is 5.12. The van der Waals surface area contributed by atoms with E-state index in [2.05, 4.69) is 20.3 Å². The van der Waals surface area contributed by atoms with Crippen molar-refractivity contribution in [1.82, 2.24) is 15.0 Å². The lowest BCUT2D eigenvalue weighted by molar-refractivity contribution is -0.128. The van der Waals surface area contributed by atoms with Gasteiger partial charge in [-0.25, -0.2) is 15.0 Å². The molecule has 7 nitrogen and oxygen atoms in total. The molecular weight excluding hydrogens is 278 g/mol. The van der Waals surface area contributed by atoms with Crippen molar-refractivity contribution in [2.75, 3.05) is 29.9 Å². The number of morpholine rings is 1. The van der Waals surface area contributed by atoms with Crippen molar-refractivity contribution in [3.8, 4) is 0 Å². The molecule has 8 heteroatoms. The van der Waals surface area contributed by atoms with Gasteiger partial charge < -0.3 is 9.64 Å². The van der Waals surface area contributed by atoms with Gasteiger partial charge >= 0.3 is 0 Å². The summed E-state index contributed by atoms with van der Waals surface area (Å²) in [4.78, 5) is 26.2. The van der Waals surface area contributed by atoms with Crippen molar-refractivity contribution in [1.29, 1.82) is 0 Å². The number of hydrogen-bond acceptors (Lipinski definition) is 7. The SMILES string of the molecule is O=C(Nc1nccs1)[C@@H]1CN(c2cncnc2)CCO1. The zero-order chi connectivity index (χ0) is 13.8. The van der Waals surface area contributed by atoms with Crippen LogP contribution in [0.4, 0.5) is 10.8 Å². The van der Waals surface area contributed by atoms with Crippen molar-refractivity contribution in [2.45, 2.75) is 6.10 Å². The molecule has 1 amide bonds. The fourth-order valence-corrected chi connectivity index (χ4v) is 2.50. The number of carbonyl (C=O) groups is 1. The second kappa shape index (κ2) is 5.93. The molecule has 0 radical (unpaired) electrons. The highest BCUT2D eigenvalue weighted by Crippen LogP contribution is 2.17. The molecule has 1 N–H and O–H groups in total. The van der Waals surface area contributed by atoms with Gasteiger partial charge in [0.05, 0.1) is 31.2 Å². The Hall–Kier alpha value is -2.06. The van der Waals surface area contributed by atoms with Crippen molar-refractivity contribution in [3.63, 3.8) is 0 Å². The summed E-state index contributed by atoms with van der Waals surface area (Å²) in [5.41, 5.74) is 0.892. The summed E-state index contributed by atoms with van der Waals surface area (Å²) < 4.78 is 5.52. The van der Waals surface area contributed by atoms with Gasteiger partial charge in [-0.2, -0.15) is 0 Å². The lowest BCUT2D eigenvalue weighted by Crippen LogP contribution is -2.48. The number of nitrogens with one attached hydrogen (secondary N) is 1. The van der Waals surface area contributed by atoms with Gasteiger partial charge in [0.1, 0.15) is 6.33 Å². The van der Waals surface area contributed by atoms with Gasteiger partial charge in [0, 0.05) is 18.1 Å². The van der Waals surface area contributed by atoms with Gasteiger partial charge in [-0.3, -0.25) is 10.1 Å². The summed E-state index contributed by atoms with van der Waals surface area (Å²) in [6.07, 6.45) is 6.07. The molecule has 3 heterocycles. The molecule has 0 aromatic carbocycles. The van der Waals surface area contributed by atoms with E-state index in [0.29, 0.717) is 24.8 Å². The van der Waals surface area contributed by atoms with Crippen LogP contribution in [0.5, 0.6) is 0 Å².